The molecule has 0 radical (unpaired) electrons. The third-order valence-electron chi connectivity index (χ3n) is 4.22. The molecule has 3 rings (SSSR count). The van der Waals surface area contributed by atoms with E-state index in [0.717, 1.165) is 37.2 Å². The van der Waals surface area contributed by atoms with Crippen LogP contribution in [0, 0.1) is 5.92 Å². The minimum Gasteiger partial charge on any atom is -0.497 e. The van der Waals surface area contributed by atoms with Gasteiger partial charge in [0.05, 0.1) is 13.0 Å². The van der Waals surface area contributed by atoms with E-state index in [4.69, 9.17) is 9.47 Å². The summed E-state index contributed by atoms with van der Waals surface area (Å²) in [6.07, 6.45) is 3.68. The number of nitrogens with zero attached hydrogens (tertiary/aromatic N) is 1. The summed E-state index contributed by atoms with van der Waals surface area (Å²) >= 11 is 0. The molecule has 148 valence electrons. The minimum absolute atomic E-state index is 0. The lowest BCUT2D eigenvalue weighted by Gasteiger charge is -2.21. The number of benzene rings is 1. The number of rotatable bonds is 6. The Morgan fingerprint density at radius 1 is 1.22 bits per heavy atom. The topological polar surface area (TPSA) is 72.5 Å². The second-order valence-corrected chi connectivity index (χ2v) is 6.04. The molecular weight excluding hydrogens is 389 g/mol. The van der Waals surface area contributed by atoms with Crippen molar-refractivity contribution in [1.82, 2.24) is 15.6 Å². The minimum atomic E-state index is 0. The van der Waals surface area contributed by atoms with E-state index in [2.05, 4.69) is 15.6 Å². The highest BCUT2D eigenvalue weighted by atomic mass is 35.5. The third-order valence-corrected chi connectivity index (χ3v) is 4.22. The highest BCUT2D eigenvalue weighted by Crippen LogP contribution is 2.22. The second kappa shape index (κ2) is 11.6. The molecule has 2 aromatic rings. The molecule has 1 aromatic heterocycles. The van der Waals surface area contributed by atoms with Gasteiger partial charge in [0.1, 0.15) is 11.5 Å². The highest BCUT2D eigenvalue weighted by molar-refractivity contribution is 5.85. The van der Waals surface area contributed by atoms with Gasteiger partial charge in [0, 0.05) is 25.4 Å². The van der Waals surface area contributed by atoms with Gasteiger partial charge in [0.2, 0.25) is 11.8 Å². The molecule has 1 aromatic carbocycles. The van der Waals surface area contributed by atoms with Crippen LogP contribution in [0.5, 0.6) is 17.4 Å². The fraction of sp³-hybridized carbons (Fsp3) is 0.368. The Morgan fingerprint density at radius 2 is 1.96 bits per heavy atom. The van der Waals surface area contributed by atoms with E-state index in [1.807, 2.05) is 36.4 Å². The molecular formula is C19H25Cl2N3O3. The maximum atomic E-state index is 12.2. The van der Waals surface area contributed by atoms with Gasteiger partial charge in [-0.15, -0.1) is 24.8 Å². The van der Waals surface area contributed by atoms with Crippen molar-refractivity contribution in [2.75, 3.05) is 20.2 Å². The number of pyridine rings is 1. The van der Waals surface area contributed by atoms with E-state index in [9.17, 15) is 4.79 Å². The van der Waals surface area contributed by atoms with Crippen molar-refractivity contribution in [2.24, 2.45) is 5.92 Å². The first kappa shape index (κ1) is 23.0. The number of aromatic nitrogens is 1. The van der Waals surface area contributed by atoms with Crippen LogP contribution in [0.1, 0.15) is 18.4 Å². The van der Waals surface area contributed by atoms with Crippen LogP contribution in [-0.4, -0.2) is 31.1 Å². The number of hydrogen-bond acceptors (Lipinski definition) is 5. The largest absolute Gasteiger partial charge is 0.497 e. The summed E-state index contributed by atoms with van der Waals surface area (Å²) in [5, 5.41) is 6.25. The summed E-state index contributed by atoms with van der Waals surface area (Å²) in [5.74, 6) is 2.11. The normalized spacial score (nSPS) is 15.7. The number of methoxy groups -OCH3 is 1. The van der Waals surface area contributed by atoms with Crippen LogP contribution < -0.4 is 20.1 Å². The van der Waals surface area contributed by atoms with Crippen molar-refractivity contribution in [3.63, 3.8) is 0 Å². The van der Waals surface area contributed by atoms with Crippen molar-refractivity contribution in [3.8, 4) is 17.4 Å². The van der Waals surface area contributed by atoms with Crippen LogP contribution in [0.25, 0.3) is 0 Å². The number of ether oxygens (including phenoxy) is 2. The van der Waals surface area contributed by atoms with E-state index in [0.29, 0.717) is 18.2 Å². The number of hydrogen-bond donors (Lipinski definition) is 2. The average Bonchev–Trinajstić information content (AvgIpc) is 2.68. The summed E-state index contributed by atoms with van der Waals surface area (Å²) in [6, 6.07) is 11.0. The molecule has 1 unspecified atom stereocenters. The molecule has 2 heterocycles. The van der Waals surface area contributed by atoms with Crippen LogP contribution in [-0.2, 0) is 11.3 Å². The van der Waals surface area contributed by atoms with E-state index < -0.39 is 0 Å². The van der Waals surface area contributed by atoms with Crippen molar-refractivity contribution in [1.29, 1.82) is 0 Å². The number of nitrogens with one attached hydrogen (secondary N) is 2. The van der Waals surface area contributed by atoms with Crippen molar-refractivity contribution in [2.45, 2.75) is 19.4 Å². The summed E-state index contributed by atoms with van der Waals surface area (Å²) in [7, 11) is 1.62. The van der Waals surface area contributed by atoms with Crippen LogP contribution >= 0.6 is 24.8 Å². The maximum Gasteiger partial charge on any atom is 0.224 e. The number of carbonyl (C=O) groups is 1. The van der Waals surface area contributed by atoms with Gasteiger partial charge in [-0.05, 0) is 55.3 Å². The van der Waals surface area contributed by atoms with Crippen LogP contribution in [0.2, 0.25) is 0 Å². The first-order valence-electron chi connectivity index (χ1n) is 8.50. The Balaban J connectivity index is 0.00000182. The van der Waals surface area contributed by atoms with Gasteiger partial charge in [-0.25, -0.2) is 4.98 Å². The van der Waals surface area contributed by atoms with E-state index in [-0.39, 0.29) is 36.6 Å². The Hall–Kier alpha value is -2.02. The quantitative estimate of drug-likeness (QED) is 0.759. The summed E-state index contributed by atoms with van der Waals surface area (Å²) < 4.78 is 10.9. The Kier molecular flexibility index (Phi) is 9.93. The molecule has 0 bridgehead atoms. The maximum absolute atomic E-state index is 12.2. The van der Waals surface area contributed by atoms with Crippen LogP contribution in [0.3, 0.4) is 0 Å². The standard InChI is InChI=1S/C19H23N3O3.2ClH/c1-24-16-4-6-17(7-5-16)25-18-11-14(8-10-21-18)12-22-19(23)15-3-2-9-20-13-15;;/h4-8,10-11,15,20H,2-3,9,12-13H2,1H3,(H,22,23);2*1H. The molecule has 2 N–H and O–H groups in total. The number of carbonyl (C=O) groups excluding carboxylic acids is 1. The van der Waals surface area contributed by atoms with Crippen molar-refractivity contribution >= 4 is 30.7 Å². The molecule has 1 amide bonds. The van der Waals surface area contributed by atoms with Crippen molar-refractivity contribution < 1.29 is 14.3 Å². The molecule has 0 spiro atoms. The van der Waals surface area contributed by atoms with Crippen molar-refractivity contribution in [3.05, 3.63) is 48.2 Å². The molecule has 0 aliphatic carbocycles. The van der Waals surface area contributed by atoms with Gasteiger partial charge in [-0.1, -0.05) is 0 Å². The monoisotopic (exact) mass is 413 g/mol. The van der Waals surface area contributed by atoms with Crippen LogP contribution in [0.15, 0.2) is 42.6 Å². The first-order valence-corrected chi connectivity index (χ1v) is 8.50. The average molecular weight is 414 g/mol. The number of amides is 1. The lowest BCUT2D eigenvalue weighted by molar-refractivity contribution is -0.125. The Morgan fingerprint density at radius 3 is 2.63 bits per heavy atom. The predicted octanol–water partition coefficient (Wildman–Crippen LogP) is 3.34. The molecule has 1 aliphatic heterocycles. The smallest absolute Gasteiger partial charge is 0.224 e. The zero-order valence-electron chi connectivity index (χ0n) is 15.1. The van der Waals surface area contributed by atoms with E-state index in [1.165, 1.54) is 0 Å². The zero-order chi connectivity index (χ0) is 17.5. The third kappa shape index (κ3) is 6.90. The molecule has 1 aliphatic rings. The van der Waals surface area contributed by atoms with Gasteiger partial charge in [0.15, 0.2) is 0 Å². The first-order chi connectivity index (χ1) is 12.2. The van der Waals surface area contributed by atoms with Crippen LogP contribution in [0.4, 0.5) is 0 Å². The molecule has 1 saturated heterocycles. The molecule has 8 heteroatoms. The van der Waals surface area contributed by atoms with E-state index >= 15 is 0 Å². The highest BCUT2D eigenvalue weighted by Gasteiger charge is 2.20. The molecule has 27 heavy (non-hydrogen) atoms. The number of piperidine rings is 1. The summed E-state index contributed by atoms with van der Waals surface area (Å²) in [6.45, 7) is 2.23. The van der Waals surface area contributed by atoms with Gasteiger partial charge >= 0.3 is 0 Å². The SMILES string of the molecule is COc1ccc(Oc2cc(CNC(=O)C3CCCNC3)ccn2)cc1.Cl.Cl. The molecule has 6 nitrogen and oxygen atoms in total. The lowest BCUT2D eigenvalue weighted by Crippen LogP contribution is -2.40. The summed E-state index contributed by atoms with van der Waals surface area (Å²) in [4.78, 5) is 16.4. The predicted molar refractivity (Wildman–Crippen MR) is 109 cm³/mol. The van der Waals surface area contributed by atoms with Gasteiger partial charge in [-0.2, -0.15) is 0 Å². The zero-order valence-corrected chi connectivity index (χ0v) is 16.8. The molecule has 1 atom stereocenters. The van der Waals surface area contributed by atoms with Gasteiger partial charge in [-0.3, -0.25) is 4.79 Å². The fourth-order valence-electron chi connectivity index (χ4n) is 2.79. The molecule has 1 fully saturated rings. The number of halogens is 2. The molecule has 0 saturated carbocycles. The lowest BCUT2D eigenvalue weighted by atomic mass is 9.99. The second-order valence-electron chi connectivity index (χ2n) is 6.04. The van der Waals surface area contributed by atoms with E-state index in [1.54, 1.807) is 13.3 Å². The van der Waals surface area contributed by atoms with Gasteiger partial charge < -0.3 is 20.1 Å². The Bertz CT molecular complexity index is 708. The summed E-state index contributed by atoms with van der Waals surface area (Å²) in [5.41, 5.74) is 0.954. The van der Waals surface area contributed by atoms with Gasteiger partial charge in [0.25, 0.3) is 0 Å². The Labute approximate surface area is 171 Å². The fourth-order valence-corrected chi connectivity index (χ4v) is 2.79.